The van der Waals surface area contributed by atoms with E-state index >= 15 is 0 Å². The second-order valence-electron chi connectivity index (χ2n) is 4.00. The molecule has 2 aromatic rings. The minimum Gasteiger partial charge on any atom is -0.322 e. The number of nitrogens with zero attached hydrogens (tertiary/aromatic N) is 1. The third-order valence-corrected chi connectivity index (χ3v) is 4.40. The first-order chi connectivity index (χ1) is 9.88. The van der Waals surface area contributed by atoms with Crippen LogP contribution in [-0.4, -0.2) is 10.8 Å². The summed E-state index contributed by atoms with van der Waals surface area (Å²) in [6, 6.07) is 9.54. The van der Waals surface area contributed by atoms with Crippen molar-refractivity contribution in [1.82, 2.24) is 0 Å². The molecule has 1 N–H and O–H groups in total. The Morgan fingerprint density at radius 3 is 2.38 bits per heavy atom. The highest BCUT2D eigenvalue weighted by Gasteiger charge is 2.15. The van der Waals surface area contributed by atoms with Crippen molar-refractivity contribution in [2.45, 2.75) is 0 Å². The number of nitro benzene ring substituents is 1. The Labute approximate surface area is 145 Å². The van der Waals surface area contributed by atoms with Gasteiger partial charge in [0.05, 0.1) is 15.0 Å². The van der Waals surface area contributed by atoms with Crippen LogP contribution < -0.4 is 5.32 Å². The average molecular weight is 479 g/mol. The lowest BCUT2D eigenvalue weighted by Crippen LogP contribution is -2.12. The zero-order valence-electron chi connectivity index (χ0n) is 10.3. The number of anilines is 1. The largest absolute Gasteiger partial charge is 0.322 e. The fraction of sp³-hybridized carbons (Fsp3) is 0. The Kier molecular flexibility index (Phi) is 5.13. The SMILES string of the molecule is O=C(Nc1ccc([N+](=O)[O-])c(Br)c1)c1cc(Br)ccc1Br. The molecule has 0 aliphatic heterocycles. The van der Waals surface area contributed by atoms with Crippen LogP contribution in [-0.2, 0) is 0 Å². The third kappa shape index (κ3) is 3.90. The van der Waals surface area contributed by atoms with Crippen LogP contribution in [0.1, 0.15) is 10.4 Å². The van der Waals surface area contributed by atoms with E-state index in [4.69, 9.17) is 0 Å². The average Bonchev–Trinajstić information content (AvgIpc) is 2.41. The number of rotatable bonds is 3. The number of carbonyl (C=O) groups excluding carboxylic acids is 1. The molecule has 0 bridgehead atoms. The summed E-state index contributed by atoms with van der Waals surface area (Å²) in [6.07, 6.45) is 0. The van der Waals surface area contributed by atoms with Gasteiger partial charge in [0, 0.05) is 20.7 Å². The van der Waals surface area contributed by atoms with E-state index in [-0.39, 0.29) is 11.6 Å². The van der Waals surface area contributed by atoms with Gasteiger partial charge in [0.1, 0.15) is 0 Å². The molecule has 0 aromatic heterocycles. The summed E-state index contributed by atoms with van der Waals surface area (Å²) in [5.74, 6) is -0.316. The molecule has 0 spiro atoms. The van der Waals surface area contributed by atoms with Gasteiger partial charge in [-0.25, -0.2) is 0 Å². The molecule has 5 nitrogen and oxygen atoms in total. The molecular weight excluding hydrogens is 472 g/mol. The lowest BCUT2D eigenvalue weighted by Gasteiger charge is -2.08. The van der Waals surface area contributed by atoms with E-state index in [2.05, 4.69) is 53.1 Å². The molecule has 8 heteroatoms. The van der Waals surface area contributed by atoms with Crippen LogP contribution in [0.15, 0.2) is 49.8 Å². The highest BCUT2D eigenvalue weighted by molar-refractivity contribution is 9.11. The second kappa shape index (κ2) is 6.67. The minimum atomic E-state index is -0.499. The zero-order chi connectivity index (χ0) is 15.6. The number of halogens is 3. The second-order valence-corrected chi connectivity index (χ2v) is 6.63. The van der Waals surface area contributed by atoms with Crippen molar-refractivity contribution in [1.29, 1.82) is 0 Å². The molecule has 108 valence electrons. The van der Waals surface area contributed by atoms with Crippen molar-refractivity contribution in [3.63, 3.8) is 0 Å². The van der Waals surface area contributed by atoms with Gasteiger partial charge in [-0.2, -0.15) is 0 Å². The van der Waals surface area contributed by atoms with Gasteiger partial charge in [-0.15, -0.1) is 0 Å². The van der Waals surface area contributed by atoms with Crippen LogP contribution >= 0.6 is 47.8 Å². The van der Waals surface area contributed by atoms with Crippen LogP contribution in [0.5, 0.6) is 0 Å². The Morgan fingerprint density at radius 1 is 1.05 bits per heavy atom. The number of benzene rings is 2. The summed E-state index contributed by atoms with van der Waals surface area (Å²) in [6.45, 7) is 0. The maximum absolute atomic E-state index is 12.2. The maximum Gasteiger partial charge on any atom is 0.283 e. The molecule has 0 heterocycles. The molecule has 1 amide bonds. The smallest absolute Gasteiger partial charge is 0.283 e. The molecular formula is C13H7Br3N2O3. The van der Waals surface area contributed by atoms with E-state index in [1.807, 2.05) is 6.07 Å². The predicted octanol–water partition coefficient (Wildman–Crippen LogP) is 5.13. The molecule has 21 heavy (non-hydrogen) atoms. The number of carbonyl (C=O) groups is 1. The summed E-state index contributed by atoms with van der Waals surface area (Å²) in [5, 5.41) is 13.4. The lowest BCUT2D eigenvalue weighted by molar-refractivity contribution is -0.385. The number of hydrogen-bond acceptors (Lipinski definition) is 3. The van der Waals surface area contributed by atoms with Gasteiger partial charge >= 0.3 is 0 Å². The van der Waals surface area contributed by atoms with E-state index in [1.54, 1.807) is 12.1 Å². The fourth-order valence-electron chi connectivity index (χ4n) is 1.60. The quantitative estimate of drug-likeness (QED) is 0.490. The summed E-state index contributed by atoms with van der Waals surface area (Å²) in [5.41, 5.74) is 0.861. The van der Waals surface area contributed by atoms with Crippen LogP contribution in [0.2, 0.25) is 0 Å². The molecule has 2 aromatic carbocycles. The van der Waals surface area contributed by atoms with Gasteiger partial charge in [-0.3, -0.25) is 14.9 Å². The first-order valence-corrected chi connectivity index (χ1v) is 7.96. The first-order valence-electron chi connectivity index (χ1n) is 5.59. The van der Waals surface area contributed by atoms with Crippen molar-refractivity contribution in [3.8, 4) is 0 Å². The van der Waals surface area contributed by atoms with Crippen molar-refractivity contribution >= 4 is 65.1 Å². The van der Waals surface area contributed by atoms with Crippen molar-refractivity contribution in [2.75, 3.05) is 5.32 Å². The molecule has 0 unspecified atom stereocenters. The van der Waals surface area contributed by atoms with Crippen molar-refractivity contribution < 1.29 is 9.72 Å². The molecule has 0 atom stereocenters. The monoisotopic (exact) mass is 476 g/mol. The van der Waals surface area contributed by atoms with E-state index in [1.165, 1.54) is 18.2 Å². The summed E-state index contributed by atoms with van der Waals surface area (Å²) < 4.78 is 1.74. The first kappa shape index (κ1) is 16.1. The van der Waals surface area contributed by atoms with Crippen molar-refractivity contribution in [2.24, 2.45) is 0 Å². The Balaban J connectivity index is 2.26. The van der Waals surface area contributed by atoms with Gasteiger partial charge in [0.25, 0.3) is 11.6 Å². The number of nitro groups is 1. The highest BCUT2D eigenvalue weighted by atomic mass is 79.9. The topological polar surface area (TPSA) is 72.2 Å². The van der Waals surface area contributed by atoms with Crippen LogP contribution in [0, 0.1) is 10.1 Å². The molecule has 0 saturated carbocycles. The van der Waals surface area contributed by atoms with Gasteiger partial charge in [0.2, 0.25) is 0 Å². The van der Waals surface area contributed by atoms with Gasteiger partial charge < -0.3 is 5.32 Å². The van der Waals surface area contributed by atoms with Gasteiger partial charge in [-0.1, -0.05) is 15.9 Å². The summed E-state index contributed by atoms with van der Waals surface area (Å²) in [4.78, 5) is 22.4. The Morgan fingerprint density at radius 2 is 1.76 bits per heavy atom. The zero-order valence-corrected chi connectivity index (χ0v) is 15.0. The summed E-state index contributed by atoms with van der Waals surface area (Å²) in [7, 11) is 0. The Hall–Kier alpha value is -1.25. The Bertz CT molecular complexity index is 735. The van der Waals surface area contributed by atoms with Crippen LogP contribution in [0.4, 0.5) is 11.4 Å². The maximum atomic E-state index is 12.2. The van der Waals surface area contributed by atoms with E-state index in [0.717, 1.165) is 4.47 Å². The molecule has 0 saturated heterocycles. The minimum absolute atomic E-state index is 0.0587. The normalized spacial score (nSPS) is 10.2. The highest BCUT2D eigenvalue weighted by Crippen LogP contribution is 2.28. The van der Waals surface area contributed by atoms with Crippen molar-refractivity contribution in [3.05, 3.63) is 65.5 Å². The van der Waals surface area contributed by atoms with Gasteiger partial charge in [-0.05, 0) is 62.2 Å². The van der Waals surface area contributed by atoms with Gasteiger partial charge in [0.15, 0.2) is 0 Å². The van der Waals surface area contributed by atoms with E-state index in [9.17, 15) is 14.9 Å². The lowest BCUT2D eigenvalue weighted by atomic mass is 10.2. The van der Waals surface area contributed by atoms with E-state index in [0.29, 0.717) is 20.2 Å². The molecule has 0 aliphatic carbocycles. The number of hydrogen-bond donors (Lipinski definition) is 1. The molecule has 2 rings (SSSR count). The molecule has 0 fully saturated rings. The molecule has 0 radical (unpaired) electrons. The predicted molar refractivity (Wildman–Crippen MR) is 90.6 cm³/mol. The number of nitrogens with one attached hydrogen (secondary N) is 1. The third-order valence-electron chi connectivity index (χ3n) is 2.58. The summed E-state index contributed by atoms with van der Waals surface area (Å²) >= 11 is 9.72. The van der Waals surface area contributed by atoms with Crippen LogP contribution in [0.3, 0.4) is 0 Å². The molecule has 0 aliphatic rings. The van der Waals surface area contributed by atoms with Crippen LogP contribution in [0.25, 0.3) is 0 Å². The fourth-order valence-corrected chi connectivity index (χ4v) is 2.91. The standard InChI is InChI=1S/C13H7Br3N2O3/c14-7-1-3-10(15)9(5-7)13(19)17-8-2-4-12(18(20)21)11(16)6-8/h1-6H,(H,17,19). The number of amides is 1. The van der Waals surface area contributed by atoms with E-state index < -0.39 is 4.92 Å².